The number of halogens is 1. The topological polar surface area (TPSA) is 43.2 Å². The molecule has 0 amide bonds. The molecule has 102 valence electrons. The molecule has 2 rings (SSSR count). The van der Waals surface area contributed by atoms with Gasteiger partial charge in [0.05, 0.1) is 11.6 Å². The number of likely N-dealkylation sites (tertiary alicyclic amines) is 1. The largest absolute Gasteiger partial charge is 0.358 e. The van der Waals surface area contributed by atoms with Crippen LogP contribution in [-0.2, 0) is 0 Å². The highest BCUT2D eigenvalue weighted by Crippen LogP contribution is 2.21. The lowest BCUT2D eigenvalue weighted by molar-refractivity contribution is 0.270. The van der Waals surface area contributed by atoms with Gasteiger partial charge in [-0.2, -0.15) is 5.26 Å². The molecule has 1 aliphatic rings. The van der Waals surface area contributed by atoms with Crippen molar-refractivity contribution in [2.24, 2.45) is 0 Å². The number of hydrogen-bond acceptors (Lipinski definition) is 4. The molecule has 1 atom stereocenters. The van der Waals surface area contributed by atoms with Crippen molar-refractivity contribution in [3.63, 3.8) is 0 Å². The Kier molecular flexibility index (Phi) is 4.62. The van der Waals surface area contributed by atoms with Crippen molar-refractivity contribution in [1.29, 1.82) is 5.26 Å². The lowest BCUT2D eigenvalue weighted by Crippen LogP contribution is -2.39. The third-order valence-corrected chi connectivity index (χ3v) is 3.88. The Hall–Kier alpha value is -1.31. The number of nitrogens with zero attached hydrogens (tertiary/aromatic N) is 4. The first kappa shape index (κ1) is 14.1. The third-order valence-electron chi connectivity index (χ3n) is 3.69. The van der Waals surface area contributed by atoms with Crippen LogP contribution in [0.4, 0.5) is 5.82 Å². The first-order chi connectivity index (χ1) is 9.13. The summed E-state index contributed by atoms with van der Waals surface area (Å²) in [7, 11) is 2.01. The molecular weight excluding hydrogens is 260 g/mol. The van der Waals surface area contributed by atoms with E-state index in [1.807, 2.05) is 7.05 Å². The molecule has 0 radical (unpaired) electrons. The predicted octanol–water partition coefficient (Wildman–Crippen LogP) is 2.53. The van der Waals surface area contributed by atoms with Gasteiger partial charge in [0.2, 0.25) is 0 Å². The molecule has 1 aromatic rings. The van der Waals surface area contributed by atoms with E-state index in [1.54, 1.807) is 12.1 Å². The van der Waals surface area contributed by atoms with Gasteiger partial charge in [-0.15, -0.1) is 0 Å². The Morgan fingerprint density at radius 1 is 1.58 bits per heavy atom. The van der Waals surface area contributed by atoms with E-state index in [2.05, 4.69) is 27.8 Å². The monoisotopic (exact) mass is 278 g/mol. The second-order valence-electron chi connectivity index (χ2n) is 4.95. The Morgan fingerprint density at radius 2 is 2.37 bits per heavy atom. The van der Waals surface area contributed by atoms with E-state index in [1.165, 1.54) is 19.4 Å². The zero-order valence-electron chi connectivity index (χ0n) is 11.4. The molecule has 0 N–H and O–H groups in total. The van der Waals surface area contributed by atoms with Gasteiger partial charge in [0.1, 0.15) is 11.0 Å². The molecule has 1 aliphatic heterocycles. The Morgan fingerprint density at radius 3 is 3.05 bits per heavy atom. The highest BCUT2D eigenvalue weighted by Gasteiger charge is 2.24. The van der Waals surface area contributed by atoms with Gasteiger partial charge in [-0.05, 0) is 38.1 Å². The Labute approximate surface area is 119 Å². The van der Waals surface area contributed by atoms with Crippen LogP contribution in [0.1, 0.15) is 25.3 Å². The summed E-state index contributed by atoms with van der Waals surface area (Å²) in [5, 5.41) is 9.34. The molecule has 0 spiro atoms. The summed E-state index contributed by atoms with van der Waals surface area (Å²) in [6, 6.07) is 6.06. The number of rotatable bonds is 4. The maximum Gasteiger partial charge on any atom is 0.132 e. The van der Waals surface area contributed by atoms with Crippen LogP contribution in [0.25, 0.3) is 0 Å². The highest BCUT2D eigenvalue weighted by molar-refractivity contribution is 6.29. The van der Waals surface area contributed by atoms with Crippen molar-refractivity contribution >= 4 is 17.4 Å². The van der Waals surface area contributed by atoms with Crippen LogP contribution in [0.15, 0.2) is 12.1 Å². The molecule has 5 heteroatoms. The number of hydrogen-bond donors (Lipinski definition) is 0. The molecule has 1 aromatic heterocycles. The zero-order chi connectivity index (χ0) is 13.8. The van der Waals surface area contributed by atoms with Crippen molar-refractivity contribution in [3.05, 3.63) is 22.8 Å². The molecule has 0 aromatic carbocycles. The normalized spacial score (nSPS) is 19.4. The second kappa shape index (κ2) is 6.23. The first-order valence-electron chi connectivity index (χ1n) is 6.67. The van der Waals surface area contributed by atoms with E-state index < -0.39 is 0 Å². The van der Waals surface area contributed by atoms with E-state index in [-0.39, 0.29) is 0 Å². The number of nitriles is 1. The predicted molar refractivity (Wildman–Crippen MR) is 77.5 cm³/mol. The minimum atomic E-state index is 0.375. The van der Waals surface area contributed by atoms with Gasteiger partial charge >= 0.3 is 0 Å². The van der Waals surface area contributed by atoms with Crippen LogP contribution in [0.3, 0.4) is 0 Å². The summed E-state index contributed by atoms with van der Waals surface area (Å²) >= 11 is 5.95. The van der Waals surface area contributed by atoms with Crippen LogP contribution < -0.4 is 4.90 Å². The summed E-state index contributed by atoms with van der Waals surface area (Å²) in [6.07, 6.45) is 2.49. The minimum Gasteiger partial charge on any atom is -0.358 e. The maximum atomic E-state index is 8.97. The molecule has 0 aliphatic carbocycles. The molecule has 0 saturated carbocycles. The molecule has 2 heterocycles. The lowest BCUT2D eigenvalue weighted by atomic mass is 10.2. The summed E-state index contributed by atoms with van der Waals surface area (Å²) in [4.78, 5) is 8.88. The minimum absolute atomic E-state index is 0.375. The first-order valence-corrected chi connectivity index (χ1v) is 7.04. The van der Waals surface area contributed by atoms with E-state index in [9.17, 15) is 0 Å². The number of anilines is 1. The molecule has 1 fully saturated rings. The number of pyridine rings is 1. The van der Waals surface area contributed by atoms with Gasteiger partial charge in [-0.1, -0.05) is 18.5 Å². The van der Waals surface area contributed by atoms with Gasteiger partial charge in [-0.25, -0.2) is 4.98 Å². The van der Waals surface area contributed by atoms with E-state index >= 15 is 0 Å². The lowest BCUT2D eigenvalue weighted by Gasteiger charge is -2.28. The van der Waals surface area contributed by atoms with Crippen molar-refractivity contribution in [2.45, 2.75) is 25.8 Å². The average molecular weight is 279 g/mol. The zero-order valence-corrected chi connectivity index (χ0v) is 12.2. The summed E-state index contributed by atoms with van der Waals surface area (Å²) in [6.45, 7) is 5.39. The van der Waals surface area contributed by atoms with E-state index in [0.717, 1.165) is 18.9 Å². The Bertz CT molecular complexity index is 483. The van der Waals surface area contributed by atoms with Crippen LogP contribution in [0.5, 0.6) is 0 Å². The van der Waals surface area contributed by atoms with Gasteiger partial charge in [0, 0.05) is 19.6 Å². The van der Waals surface area contributed by atoms with Gasteiger partial charge < -0.3 is 4.90 Å². The smallest absolute Gasteiger partial charge is 0.132 e. The fourth-order valence-corrected chi connectivity index (χ4v) is 2.88. The molecule has 19 heavy (non-hydrogen) atoms. The number of likely N-dealkylation sites (N-methyl/N-ethyl adjacent to an activating group) is 2. The average Bonchev–Trinajstić information content (AvgIpc) is 2.85. The van der Waals surface area contributed by atoms with Crippen LogP contribution >= 0.6 is 11.6 Å². The SMILES string of the molecule is CCN1CCCC1CN(C)c1cc(C#N)cc(Cl)n1. The van der Waals surface area contributed by atoms with Crippen LogP contribution in [0, 0.1) is 11.3 Å². The third kappa shape index (κ3) is 3.37. The molecule has 0 bridgehead atoms. The maximum absolute atomic E-state index is 8.97. The van der Waals surface area contributed by atoms with E-state index in [4.69, 9.17) is 16.9 Å². The van der Waals surface area contributed by atoms with Crippen molar-refractivity contribution in [1.82, 2.24) is 9.88 Å². The fourth-order valence-electron chi connectivity index (χ4n) is 2.67. The fraction of sp³-hybridized carbons (Fsp3) is 0.571. The van der Waals surface area contributed by atoms with Gasteiger partial charge in [0.15, 0.2) is 0 Å². The summed E-state index contributed by atoms with van der Waals surface area (Å²) < 4.78 is 0. The molecular formula is C14H19ClN4. The standard InChI is InChI=1S/C14H19ClN4/c1-3-19-6-4-5-12(19)10-18(2)14-8-11(9-16)7-13(15)17-14/h7-8,12H,3-6,10H2,1-2H3. The Balaban J connectivity index is 2.09. The van der Waals surface area contributed by atoms with Gasteiger partial charge in [0.25, 0.3) is 0 Å². The summed E-state index contributed by atoms with van der Waals surface area (Å²) in [5.41, 5.74) is 0.556. The van der Waals surface area contributed by atoms with Crippen molar-refractivity contribution in [2.75, 3.05) is 31.6 Å². The van der Waals surface area contributed by atoms with Crippen molar-refractivity contribution < 1.29 is 0 Å². The molecule has 1 unspecified atom stereocenters. The molecule has 1 saturated heterocycles. The van der Waals surface area contributed by atoms with Crippen LogP contribution in [-0.4, -0.2) is 42.6 Å². The van der Waals surface area contributed by atoms with E-state index in [0.29, 0.717) is 16.8 Å². The second-order valence-corrected chi connectivity index (χ2v) is 5.34. The van der Waals surface area contributed by atoms with Crippen molar-refractivity contribution in [3.8, 4) is 6.07 Å². The van der Waals surface area contributed by atoms with Crippen LogP contribution in [0.2, 0.25) is 5.15 Å². The summed E-state index contributed by atoms with van der Waals surface area (Å²) in [5.74, 6) is 0.770. The number of aromatic nitrogens is 1. The molecule has 4 nitrogen and oxygen atoms in total. The highest BCUT2D eigenvalue weighted by atomic mass is 35.5. The quantitative estimate of drug-likeness (QED) is 0.794. The van der Waals surface area contributed by atoms with Gasteiger partial charge in [-0.3, -0.25) is 4.90 Å².